The third-order valence-electron chi connectivity index (χ3n) is 4.43. The number of halogens is 1. The van der Waals surface area contributed by atoms with Gasteiger partial charge in [-0.15, -0.1) is 0 Å². The normalized spacial score (nSPS) is 13.6. The van der Waals surface area contributed by atoms with Gasteiger partial charge in [0.2, 0.25) is 0 Å². The number of methoxy groups -OCH3 is 1. The minimum Gasteiger partial charge on any atom is -0.492 e. The van der Waals surface area contributed by atoms with Gasteiger partial charge in [-0.25, -0.2) is 0 Å². The van der Waals surface area contributed by atoms with Crippen LogP contribution in [0.25, 0.3) is 0 Å². The van der Waals surface area contributed by atoms with E-state index in [1.54, 1.807) is 7.11 Å². The van der Waals surface area contributed by atoms with Gasteiger partial charge in [0, 0.05) is 31.3 Å². The van der Waals surface area contributed by atoms with Crippen LogP contribution >= 0.6 is 11.6 Å². The van der Waals surface area contributed by atoms with E-state index in [-0.39, 0.29) is 6.10 Å². The number of rotatable bonds is 11. The molecule has 1 N–H and O–H groups in total. The molecule has 2 unspecified atom stereocenters. The Hall–Kier alpha value is -1.59. The molecule has 4 nitrogen and oxygen atoms in total. The maximum Gasteiger partial charge on any atom is 0.119 e. The predicted octanol–water partition coefficient (Wildman–Crippen LogP) is 4.19. The highest BCUT2D eigenvalue weighted by atomic mass is 35.5. The fourth-order valence-corrected chi connectivity index (χ4v) is 3.04. The SMILES string of the molecule is COC(CNC(C)Cc1ccc(OCCN(C)C)cc1)c1cccc(Cl)c1. The smallest absolute Gasteiger partial charge is 0.119 e. The molecule has 0 saturated carbocycles. The highest BCUT2D eigenvalue weighted by Gasteiger charge is 2.12. The van der Waals surface area contributed by atoms with Crippen LogP contribution in [0.3, 0.4) is 0 Å². The number of benzene rings is 2. The molecule has 148 valence electrons. The molecule has 0 aliphatic carbocycles. The second-order valence-corrected chi connectivity index (χ2v) is 7.52. The van der Waals surface area contributed by atoms with E-state index >= 15 is 0 Å². The molecule has 0 spiro atoms. The van der Waals surface area contributed by atoms with Crippen molar-refractivity contribution in [2.45, 2.75) is 25.5 Å². The molecule has 0 saturated heterocycles. The summed E-state index contributed by atoms with van der Waals surface area (Å²) in [5, 5.41) is 4.29. The zero-order chi connectivity index (χ0) is 19.6. The summed E-state index contributed by atoms with van der Waals surface area (Å²) < 4.78 is 11.4. The Balaban J connectivity index is 1.79. The van der Waals surface area contributed by atoms with Crippen molar-refractivity contribution in [2.75, 3.05) is 40.9 Å². The number of ether oxygens (including phenoxy) is 2. The largest absolute Gasteiger partial charge is 0.492 e. The van der Waals surface area contributed by atoms with Gasteiger partial charge >= 0.3 is 0 Å². The maximum absolute atomic E-state index is 6.09. The first kappa shape index (κ1) is 21.7. The van der Waals surface area contributed by atoms with Crippen LogP contribution in [0.4, 0.5) is 0 Å². The van der Waals surface area contributed by atoms with Crippen LogP contribution in [0.5, 0.6) is 5.75 Å². The number of nitrogens with one attached hydrogen (secondary N) is 1. The average Bonchev–Trinajstić information content (AvgIpc) is 2.63. The predicted molar refractivity (Wildman–Crippen MR) is 113 cm³/mol. The van der Waals surface area contributed by atoms with Crippen molar-refractivity contribution in [3.63, 3.8) is 0 Å². The molecular weight excluding hydrogens is 360 g/mol. The van der Waals surface area contributed by atoms with E-state index in [2.05, 4.69) is 29.3 Å². The van der Waals surface area contributed by atoms with Crippen molar-refractivity contribution in [1.82, 2.24) is 10.2 Å². The lowest BCUT2D eigenvalue weighted by molar-refractivity contribution is 0.0999. The van der Waals surface area contributed by atoms with Gasteiger partial charge in [0.05, 0.1) is 6.10 Å². The van der Waals surface area contributed by atoms with Crippen LogP contribution in [0.2, 0.25) is 5.02 Å². The summed E-state index contributed by atoms with van der Waals surface area (Å²) in [4.78, 5) is 2.11. The second kappa shape index (κ2) is 11.3. The van der Waals surface area contributed by atoms with Gasteiger partial charge in [0.15, 0.2) is 0 Å². The third kappa shape index (κ3) is 7.89. The first-order chi connectivity index (χ1) is 13.0. The third-order valence-corrected chi connectivity index (χ3v) is 4.66. The standard InChI is InChI=1S/C22H31ClN2O2/c1-17(24-16-22(26-4)19-6-5-7-20(23)15-19)14-18-8-10-21(11-9-18)27-13-12-25(2)3/h5-11,15,17,22,24H,12-14,16H2,1-4H3. The van der Waals surface area contributed by atoms with Crippen molar-refractivity contribution in [3.05, 3.63) is 64.7 Å². The molecule has 0 amide bonds. The van der Waals surface area contributed by atoms with Crippen LogP contribution in [0.15, 0.2) is 48.5 Å². The van der Waals surface area contributed by atoms with Crippen molar-refractivity contribution in [2.24, 2.45) is 0 Å². The second-order valence-electron chi connectivity index (χ2n) is 7.09. The summed E-state index contributed by atoms with van der Waals surface area (Å²) in [6.45, 7) is 4.54. The minimum absolute atomic E-state index is 0.0152. The molecular formula is C22H31ClN2O2. The van der Waals surface area contributed by atoms with E-state index in [0.717, 1.165) is 35.8 Å². The van der Waals surface area contributed by atoms with E-state index < -0.39 is 0 Å². The Kier molecular flexibility index (Phi) is 9.08. The summed E-state index contributed by atoms with van der Waals surface area (Å²) in [6.07, 6.45) is 0.933. The van der Waals surface area contributed by atoms with Gasteiger partial charge in [-0.05, 0) is 62.8 Å². The number of hydrogen-bond acceptors (Lipinski definition) is 4. The fraction of sp³-hybridized carbons (Fsp3) is 0.455. The van der Waals surface area contributed by atoms with Crippen molar-refractivity contribution < 1.29 is 9.47 Å². The van der Waals surface area contributed by atoms with E-state index in [1.807, 2.05) is 50.5 Å². The summed E-state index contributed by atoms with van der Waals surface area (Å²) in [5.41, 5.74) is 2.37. The van der Waals surface area contributed by atoms with Gasteiger partial charge in [-0.3, -0.25) is 0 Å². The number of hydrogen-bond donors (Lipinski definition) is 1. The summed E-state index contributed by atoms with van der Waals surface area (Å²) >= 11 is 6.09. The minimum atomic E-state index is -0.0152. The Morgan fingerprint density at radius 3 is 2.48 bits per heavy atom. The first-order valence-corrected chi connectivity index (χ1v) is 9.74. The molecule has 2 atom stereocenters. The molecule has 0 heterocycles. The average molecular weight is 391 g/mol. The fourth-order valence-electron chi connectivity index (χ4n) is 2.85. The lowest BCUT2D eigenvalue weighted by atomic mass is 10.1. The zero-order valence-corrected chi connectivity index (χ0v) is 17.5. The van der Waals surface area contributed by atoms with E-state index in [4.69, 9.17) is 21.1 Å². The Morgan fingerprint density at radius 2 is 1.85 bits per heavy atom. The molecule has 0 bridgehead atoms. The van der Waals surface area contributed by atoms with Crippen LogP contribution < -0.4 is 10.1 Å². The Morgan fingerprint density at radius 1 is 1.11 bits per heavy atom. The van der Waals surface area contributed by atoms with E-state index in [9.17, 15) is 0 Å². The maximum atomic E-state index is 6.09. The number of nitrogens with zero attached hydrogens (tertiary/aromatic N) is 1. The Bertz CT molecular complexity index is 676. The lowest BCUT2D eigenvalue weighted by Gasteiger charge is -2.20. The van der Waals surface area contributed by atoms with Crippen molar-refractivity contribution in [3.8, 4) is 5.75 Å². The molecule has 0 fully saturated rings. The summed E-state index contributed by atoms with van der Waals surface area (Å²) in [7, 11) is 5.82. The molecule has 2 rings (SSSR count). The van der Waals surface area contributed by atoms with Crippen molar-refractivity contribution in [1.29, 1.82) is 0 Å². The molecule has 0 aromatic heterocycles. The Labute approximate surface area is 168 Å². The van der Waals surface area contributed by atoms with Gasteiger partial charge in [0.1, 0.15) is 12.4 Å². The lowest BCUT2D eigenvalue weighted by Crippen LogP contribution is -2.32. The van der Waals surface area contributed by atoms with Gasteiger partial charge < -0.3 is 19.7 Å². The summed E-state index contributed by atoms with van der Waals surface area (Å²) in [5.74, 6) is 0.918. The van der Waals surface area contributed by atoms with Crippen LogP contribution in [-0.2, 0) is 11.2 Å². The number of likely N-dealkylation sites (N-methyl/N-ethyl adjacent to an activating group) is 1. The van der Waals surface area contributed by atoms with Crippen LogP contribution in [-0.4, -0.2) is 51.8 Å². The zero-order valence-electron chi connectivity index (χ0n) is 16.7. The molecule has 0 aliphatic heterocycles. The molecule has 2 aromatic carbocycles. The van der Waals surface area contributed by atoms with Crippen LogP contribution in [0.1, 0.15) is 24.2 Å². The van der Waals surface area contributed by atoms with Crippen LogP contribution in [0, 0.1) is 0 Å². The first-order valence-electron chi connectivity index (χ1n) is 9.36. The van der Waals surface area contributed by atoms with Crippen molar-refractivity contribution >= 4 is 11.6 Å². The molecule has 27 heavy (non-hydrogen) atoms. The van der Waals surface area contributed by atoms with E-state index in [1.165, 1.54) is 5.56 Å². The highest BCUT2D eigenvalue weighted by Crippen LogP contribution is 2.20. The topological polar surface area (TPSA) is 33.7 Å². The highest BCUT2D eigenvalue weighted by molar-refractivity contribution is 6.30. The monoisotopic (exact) mass is 390 g/mol. The van der Waals surface area contributed by atoms with E-state index in [0.29, 0.717) is 12.6 Å². The summed E-state index contributed by atoms with van der Waals surface area (Å²) in [6, 6.07) is 16.5. The van der Waals surface area contributed by atoms with Gasteiger partial charge in [-0.1, -0.05) is 35.9 Å². The molecule has 0 radical (unpaired) electrons. The van der Waals surface area contributed by atoms with Gasteiger partial charge in [-0.2, -0.15) is 0 Å². The molecule has 0 aliphatic rings. The molecule has 2 aromatic rings. The quantitative estimate of drug-likeness (QED) is 0.623. The molecule has 5 heteroatoms. The van der Waals surface area contributed by atoms with Gasteiger partial charge in [0.25, 0.3) is 0 Å².